The fourth-order valence-corrected chi connectivity index (χ4v) is 1.95. The van der Waals surface area contributed by atoms with Gasteiger partial charge in [-0.25, -0.2) is 4.68 Å². The van der Waals surface area contributed by atoms with Crippen molar-refractivity contribution in [2.75, 3.05) is 0 Å². The zero-order chi connectivity index (χ0) is 14.5. The summed E-state index contributed by atoms with van der Waals surface area (Å²) in [5, 5.41) is 7.05. The van der Waals surface area contributed by atoms with Gasteiger partial charge < -0.3 is 5.32 Å². The second-order valence-corrected chi connectivity index (χ2v) is 4.55. The molecule has 5 heteroatoms. The molecule has 0 fully saturated rings. The number of para-hydroxylation sites is 1. The van der Waals surface area contributed by atoms with E-state index in [1.54, 1.807) is 29.5 Å². The molecule has 0 aliphatic rings. The number of carbonyl (C=O) groups excluding carboxylic acids is 1. The maximum absolute atomic E-state index is 12.1. The maximum atomic E-state index is 12.1. The van der Waals surface area contributed by atoms with E-state index in [1.165, 1.54) is 0 Å². The van der Waals surface area contributed by atoms with E-state index >= 15 is 0 Å². The topological polar surface area (TPSA) is 59.8 Å². The molecule has 5 nitrogen and oxygen atoms in total. The summed E-state index contributed by atoms with van der Waals surface area (Å²) in [4.78, 5) is 16.1. The Labute approximate surface area is 122 Å². The summed E-state index contributed by atoms with van der Waals surface area (Å²) in [6.45, 7) is 0.448. The molecule has 104 valence electrons. The fourth-order valence-electron chi connectivity index (χ4n) is 1.95. The van der Waals surface area contributed by atoms with Crippen LogP contribution in [0.3, 0.4) is 0 Å². The van der Waals surface area contributed by atoms with Crippen molar-refractivity contribution in [2.45, 2.75) is 6.54 Å². The highest BCUT2D eigenvalue weighted by molar-refractivity contribution is 5.93. The van der Waals surface area contributed by atoms with Crippen LogP contribution in [-0.4, -0.2) is 20.7 Å². The van der Waals surface area contributed by atoms with Crippen molar-refractivity contribution in [3.63, 3.8) is 0 Å². The van der Waals surface area contributed by atoms with Crippen molar-refractivity contribution in [2.24, 2.45) is 0 Å². The Kier molecular flexibility index (Phi) is 3.73. The van der Waals surface area contributed by atoms with Gasteiger partial charge in [-0.05, 0) is 23.8 Å². The SMILES string of the molecule is O=C(NCc1cccnc1)c1cnn(-c2ccccc2)c1. The maximum Gasteiger partial charge on any atom is 0.254 e. The Morgan fingerprint density at radius 2 is 1.95 bits per heavy atom. The lowest BCUT2D eigenvalue weighted by atomic mass is 10.2. The van der Waals surface area contributed by atoms with Crippen molar-refractivity contribution in [3.8, 4) is 5.69 Å². The lowest BCUT2D eigenvalue weighted by Crippen LogP contribution is -2.22. The molecule has 21 heavy (non-hydrogen) atoms. The minimum absolute atomic E-state index is 0.152. The summed E-state index contributed by atoms with van der Waals surface area (Å²) in [7, 11) is 0. The molecule has 0 aliphatic heterocycles. The molecule has 0 saturated carbocycles. The number of rotatable bonds is 4. The lowest BCUT2D eigenvalue weighted by Gasteiger charge is -2.03. The number of carbonyl (C=O) groups is 1. The van der Waals surface area contributed by atoms with Gasteiger partial charge in [-0.3, -0.25) is 9.78 Å². The van der Waals surface area contributed by atoms with Crippen molar-refractivity contribution >= 4 is 5.91 Å². The Bertz CT molecular complexity index is 722. The first-order valence-electron chi connectivity index (χ1n) is 6.60. The van der Waals surface area contributed by atoms with Gasteiger partial charge in [0.2, 0.25) is 0 Å². The monoisotopic (exact) mass is 278 g/mol. The molecule has 0 atom stereocenters. The highest BCUT2D eigenvalue weighted by Gasteiger charge is 2.09. The molecule has 1 N–H and O–H groups in total. The fraction of sp³-hybridized carbons (Fsp3) is 0.0625. The summed E-state index contributed by atoms with van der Waals surface area (Å²) < 4.78 is 1.68. The molecular formula is C16H14N4O. The lowest BCUT2D eigenvalue weighted by molar-refractivity contribution is 0.0951. The van der Waals surface area contributed by atoms with E-state index in [0.29, 0.717) is 12.1 Å². The Hall–Kier alpha value is -2.95. The van der Waals surface area contributed by atoms with E-state index in [4.69, 9.17) is 0 Å². The number of pyridine rings is 1. The third-order valence-electron chi connectivity index (χ3n) is 3.04. The van der Waals surface area contributed by atoms with Crippen LogP contribution >= 0.6 is 0 Å². The van der Waals surface area contributed by atoms with E-state index in [-0.39, 0.29) is 5.91 Å². The Morgan fingerprint density at radius 3 is 2.71 bits per heavy atom. The minimum atomic E-state index is -0.152. The zero-order valence-corrected chi connectivity index (χ0v) is 11.3. The Morgan fingerprint density at radius 1 is 1.10 bits per heavy atom. The van der Waals surface area contributed by atoms with Crippen LogP contribution in [-0.2, 0) is 6.54 Å². The number of benzene rings is 1. The largest absolute Gasteiger partial charge is 0.348 e. The second-order valence-electron chi connectivity index (χ2n) is 4.55. The van der Waals surface area contributed by atoms with Crippen LogP contribution in [0.15, 0.2) is 67.3 Å². The summed E-state index contributed by atoms with van der Waals surface area (Å²) in [6.07, 6.45) is 6.71. The van der Waals surface area contributed by atoms with Crippen LogP contribution in [0, 0.1) is 0 Å². The summed E-state index contributed by atoms with van der Waals surface area (Å²) in [5.74, 6) is -0.152. The third-order valence-corrected chi connectivity index (χ3v) is 3.04. The van der Waals surface area contributed by atoms with Crippen LogP contribution in [0.2, 0.25) is 0 Å². The average molecular weight is 278 g/mol. The van der Waals surface area contributed by atoms with Crippen molar-refractivity contribution in [1.29, 1.82) is 0 Å². The molecule has 0 bridgehead atoms. The van der Waals surface area contributed by atoms with Crippen LogP contribution in [0.5, 0.6) is 0 Å². The number of hydrogen-bond acceptors (Lipinski definition) is 3. The predicted molar refractivity (Wildman–Crippen MR) is 79.0 cm³/mol. The molecule has 0 unspecified atom stereocenters. The summed E-state index contributed by atoms with van der Waals surface area (Å²) >= 11 is 0. The van der Waals surface area contributed by atoms with E-state index < -0.39 is 0 Å². The molecule has 3 aromatic rings. The van der Waals surface area contributed by atoms with Crippen molar-refractivity contribution < 1.29 is 4.79 Å². The van der Waals surface area contributed by atoms with Gasteiger partial charge in [0.15, 0.2) is 0 Å². The van der Waals surface area contributed by atoms with Crippen LogP contribution in [0.1, 0.15) is 15.9 Å². The summed E-state index contributed by atoms with van der Waals surface area (Å²) in [5.41, 5.74) is 2.41. The molecule has 0 spiro atoms. The first-order valence-corrected chi connectivity index (χ1v) is 6.60. The average Bonchev–Trinajstić information content (AvgIpc) is 3.04. The van der Waals surface area contributed by atoms with Gasteiger partial charge in [-0.2, -0.15) is 5.10 Å². The van der Waals surface area contributed by atoms with Gasteiger partial charge in [-0.1, -0.05) is 24.3 Å². The smallest absolute Gasteiger partial charge is 0.254 e. The van der Waals surface area contributed by atoms with Gasteiger partial charge in [0.05, 0.1) is 17.4 Å². The molecule has 3 rings (SSSR count). The number of aromatic nitrogens is 3. The number of hydrogen-bond donors (Lipinski definition) is 1. The van der Waals surface area contributed by atoms with E-state index in [9.17, 15) is 4.79 Å². The molecule has 1 amide bonds. The van der Waals surface area contributed by atoms with E-state index in [1.807, 2.05) is 42.5 Å². The molecular weight excluding hydrogens is 264 g/mol. The van der Waals surface area contributed by atoms with Gasteiger partial charge in [0.1, 0.15) is 0 Å². The van der Waals surface area contributed by atoms with Crippen molar-refractivity contribution in [1.82, 2.24) is 20.1 Å². The summed E-state index contributed by atoms with van der Waals surface area (Å²) in [6, 6.07) is 13.4. The van der Waals surface area contributed by atoms with E-state index in [2.05, 4.69) is 15.4 Å². The zero-order valence-electron chi connectivity index (χ0n) is 11.3. The standard InChI is InChI=1S/C16H14N4O/c21-16(18-10-13-5-4-8-17-9-13)14-11-19-20(12-14)15-6-2-1-3-7-15/h1-9,11-12H,10H2,(H,18,21). The normalized spacial score (nSPS) is 10.3. The third kappa shape index (κ3) is 3.14. The molecule has 1 aromatic carbocycles. The predicted octanol–water partition coefficient (Wildman–Crippen LogP) is 2.20. The molecule has 0 aliphatic carbocycles. The highest BCUT2D eigenvalue weighted by atomic mass is 16.1. The van der Waals surface area contributed by atoms with Gasteiger partial charge in [0, 0.05) is 25.1 Å². The molecule has 0 radical (unpaired) electrons. The number of nitrogens with one attached hydrogen (secondary N) is 1. The molecule has 2 aromatic heterocycles. The Balaban J connectivity index is 1.67. The van der Waals surface area contributed by atoms with Crippen LogP contribution in [0.4, 0.5) is 0 Å². The van der Waals surface area contributed by atoms with Crippen LogP contribution < -0.4 is 5.32 Å². The quantitative estimate of drug-likeness (QED) is 0.796. The van der Waals surface area contributed by atoms with E-state index in [0.717, 1.165) is 11.3 Å². The first kappa shape index (κ1) is 13.1. The van der Waals surface area contributed by atoms with Crippen molar-refractivity contribution in [3.05, 3.63) is 78.4 Å². The number of amides is 1. The second kappa shape index (κ2) is 6.00. The number of nitrogens with zero attached hydrogens (tertiary/aromatic N) is 3. The molecule has 2 heterocycles. The minimum Gasteiger partial charge on any atom is -0.348 e. The van der Waals surface area contributed by atoms with Gasteiger partial charge in [-0.15, -0.1) is 0 Å². The first-order chi connectivity index (χ1) is 10.3. The highest BCUT2D eigenvalue weighted by Crippen LogP contribution is 2.07. The van der Waals surface area contributed by atoms with Crippen LogP contribution in [0.25, 0.3) is 5.69 Å². The van der Waals surface area contributed by atoms with Gasteiger partial charge in [0.25, 0.3) is 5.91 Å². The van der Waals surface area contributed by atoms with Gasteiger partial charge >= 0.3 is 0 Å². The molecule has 0 saturated heterocycles.